The van der Waals surface area contributed by atoms with Crippen LogP contribution in [-0.4, -0.2) is 26.2 Å². The van der Waals surface area contributed by atoms with Gasteiger partial charge >= 0.3 is 0 Å². The van der Waals surface area contributed by atoms with Crippen LogP contribution in [0, 0.1) is 6.92 Å². The fraction of sp³-hybridized carbons (Fsp3) is 0.312. The van der Waals surface area contributed by atoms with E-state index in [4.69, 9.17) is 0 Å². The minimum absolute atomic E-state index is 0.0795. The molecule has 3 aromatic rings. The van der Waals surface area contributed by atoms with Gasteiger partial charge in [-0.25, -0.2) is 4.98 Å². The largest absolute Gasteiger partial charge is 0.330 e. The molecule has 4 nitrogen and oxygen atoms in total. The third-order valence-corrected chi connectivity index (χ3v) is 5.64. The average molecular weight is 329 g/mol. The zero-order valence-electron chi connectivity index (χ0n) is 12.2. The number of carbonyl (C=O) groups excluding carboxylic acids is 1. The highest BCUT2D eigenvalue weighted by Gasteiger charge is 2.33. The van der Waals surface area contributed by atoms with Crippen LogP contribution in [0.5, 0.6) is 0 Å². The fourth-order valence-corrected chi connectivity index (χ4v) is 3.98. The van der Waals surface area contributed by atoms with E-state index in [0.717, 1.165) is 28.8 Å². The van der Waals surface area contributed by atoms with Crippen molar-refractivity contribution in [1.82, 2.24) is 14.3 Å². The Kier molecular flexibility index (Phi) is 3.43. The van der Waals surface area contributed by atoms with Gasteiger partial charge in [-0.3, -0.25) is 4.79 Å². The van der Waals surface area contributed by atoms with Gasteiger partial charge in [0.25, 0.3) is 5.91 Å². The SMILES string of the molecule is Cc1nsc2ncc(C(=O)N(Cc3cccs3)C3CC3)cc12. The van der Waals surface area contributed by atoms with Crippen LogP contribution >= 0.6 is 22.9 Å². The van der Waals surface area contributed by atoms with Gasteiger partial charge < -0.3 is 4.90 Å². The Morgan fingerprint density at radius 1 is 1.45 bits per heavy atom. The standard InChI is InChI=1S/C16H15N3OS2/c1-10-14-7-11(8-17-15(14)22-18-10)16(20)19(12-4-5-12)9-13-3-2-6-21-13/h2-3,6-8,12H,4-5,9H2,1H3. The zero-order chi connectivity index (χ0) is 15.1. The molecule has 6 heteroatoms. The van der Waals surface area contributed by atoms with E-state index in [1.54, 1.807) is 17.5 Å². The number of nitrogens with zero attached hydrogens (tertiary/aromatic N) is 3. The van der Waals surface area contributed by atoms with Crippen LogP contribution in [-0.2, 0) is 6.54 Å². The first-order valence-electron chi connectivity index (χ1n) is 7.28. The number of hydrogen-bond acceptors (Lipinski definition) is 5. The molecule has 0 radical (unpaired) electrons. The van der Waals surface area contributed by atoms with Crippen LogP contribution < -0.4 is 0 Å². The van der Waals surface area contributed by atoms with Crippen molar-refractivity contribution in [3.63, 3.8) is 0 Å². The number of fused-ring (bicyclic) bond motifs is 1. The number of hydrogen-bond donors (Lipinski definition) is 0. The third-order valence-electron chi connectivity index (χ3n) is 3.91. The maximum atomic E-state index is 12.9. The van der Waals surface area contributed by atoms with E-state index < -0.39 is 0 Å². The Labute approximate surface area is 136 Å². The molecule has 3 heterocycles. The van der Waals surface area contributed by atoms with Gasteiger partial charge in [0.1, 0.15) is 4.83 Å². The number of amides is 1. The minimum Gasteiger partial charge on any atom is -0.330 e. The van der Waals surface area contributed by atoms with Gasteiger partial charge in [-0.2, -0.15) is 4.37 Å². The maximum Gasteiger partial charge on any atom is 0.256 e. The summed E-state index contributed by atoms with van der Waals surface area (Å²) in [7, 11) is 0. The van der Waals surface area contributed by atoms with Gasteiger partial charge in [0, 0.05) is 22.5 Å². The first-order valence-corrected chi connectivity index (χ1v) is 8.93. The van der Waals surface area contributed by atoms with E-state index in [-0.39, 0.29) is 5.91 Å². The summed E-state index contributed by atoms with van der Waals surface area (Å²) in [5, 5.41) is 3.04. The molecule has 0 spiro atoms. The summed E-state index contributed by atoms with van der Waals surface area (Å²) in [6.45, 7) is 2.65. The van der Waals surface area contributed by atoms with Gasteiger partial charge in [0.2, 0.25) is 0 Å². The van der Waals surface area contributed by atoms with Crippen LogP contribution in [0.4, 0.5) is 0 Å². The quantitative estimate of drug-likeness (QED) is 0.730. The van der Waals surface area contributed by atoms with E-state index in [9.17, 15) is 4.79 Å². The van der Waals surface area contributed by atoms with Crippen molar-refractivity contribution in [2.75, 3.05) is 0 Å². The Balaban J connectivity index is 1.65. The molecule has 0 aromatic carbocycles. The molecule has 4 rings (SSSR count). The molecule has 1 saturated carbocycles. The smallest absolute Gasteiger partial charge is 0.256 e. The molecule has 112 valence electrons. The summed E-state index contributed by atoms with van der Waals surface area (Å²) in [6.07, 6.45) is 3.89. The molecule has 0 atom stereocenters. The van der Waals surface area contributed by atoms with Crippen molar-refractivity contribution in [1.29, 1.82) is 0 Å². The topological polar surface area (TPSA) is 46.1 Å². The lowest BCUT2D eigenvalue weighted by Crippen LogP contribution is -2.32. The average Bonchev–Trinajstić information content (AvgIpc) is 3.12. The first kappa shape index (κ1) is 13.8. The zero-order valence-corrected chi connectivity index (χ0v) is 13.8. The van der Waals surface area contributed by atoms with Crippen molar-refractivity contribution in [2.45, 2.75) is 32.4 Å². The number of carbonyl (C=O) groups is 1. The number of rotatable bonds is 4. The Hall–Kier alpha value is -1.79. The molecule has 0 aliphatic heterocycles. The molecule has 1 aliphatic carbocycles. The minimum atomic E-state index is 0.0795. The van der Waals surface area contributed by atoms with Gasteiger partial charge in [-0.15, -0.1) is 11.3 Å². The molecule has 1 fully saturated rings. The second-order valence-corrected chi connectivity index (χ2v) is 7.37. The van der Waals surface area contributed by atoms with Crippen molar-refractivity contribution in [2.24, 2.45) is 0 Å². The van der Waals surface area contributed by atoms with Crippen LogP contribution in [0.1, 0.15) is 33.8 Å². The Morgan fingerprint density at radius 3 is 3.05 bits per heavy atom. The lowest BCUT2D eigenvalue weighted by molar-refractivity contribution is 0.0731. The number of thiophene rings is 1. The fourth-order valence-electron chi connectivity index (χ4n) is 2.55. The molecular weight excluding hydrogens is 314 g/mol. The van der Waals surface area contributed by atoms with Gasteiger partial charge in [-0.05, 0) is 48.8 Å². The van der Waals surface area contributed by atoms with Gasteiger partial charge in [-0.1, -0.05) is 6.07 Å². The van der Waals surface area contributed by atoms with Crippen molar-refractivity contribution in [3.8, 4) is 0 Å². The number of aromatic nitrogens is 2. The van der Waals surface area contributed by atoms with E-state index in [1.165, 1.54) is 16.4 Å². The molecule has 1 amide bonds. The normalized spacial score (nSPS) is 14.4. The third kappa shape index (κ3) is 2.53. The van der Waals surface area contributed by atoms with Crippen LogP contribution in [0.3, 0.4) is 0 Å². The summed E-state index contributed by atoms with van der Waals surface area (Å²) in [4.78, 5) is 21.4. The molecule has 0 unspecified atom stereocenters. The first-order chi connectivity index (χ1) is 10.7. The van der Waals surface area contributed by atoms with E-state index >= 15 is 0 Å². The predicted octanol–water partition coefficient (Wildman–Crippen LogP) is 3.87. The molecule has 0 N–H and O–H groups in total. The summed E-state index contributed by atoms with van der Waals surface area (Å²) in [5.74, 6) is 0.0795. The summed E-state index contributed by atoms with van der Waals surface area (Å²) in [5.41, 5.74) is 1.61. The highest BCUT2D eigenvalue weighted by Crippen LogP contribution is 2.31. The highest BCUT2D eigenvalue weighted by molar-refractivity contribution is 7.12. The van der Waals surface area contributed by atoms with E-state index in [1.807, 2.05) is 24.0 Å². The lowest BCUT2D eigenvalue weighted by Gasteiger charge is -2.21. The molecular formula is C16H15N3OS2. The molecule has 3 aromatic heterocycles. The summed E-state index contributed by atoms with van der Waals surface area (Å²) >= 11 is 3.08. The molecule has 1 aliphatic rings. The van der Waals surface area contributed by atoms with Gasteiger partial charge in [0.15, 0.2) is 0 Å². The second kappa shape index (κ2) is 5.44. The van der Waals surface area contributed by atoms with Crippen LogP contribution in [0.25, 0.3) is 10.2 Å². The van der Waals surface area contributed by atoms with E-state index in [0.29, 0.717) is 18.2 Å². The summed E-state index contributed by atoms with van der Waals surface area (Å²) < 4.78 is 4.31. The monoisotopic (exact) mass is 329 g/mol. The van der Waals surface area contributed by atoms with Crippen molar-refractivity contribution >= 4 is 39.0 Å². The number of aryl methyl sites for hydroxylation is 1. The van der Waals surface area contributed by atoms with Crippen LogP contribution in [0.15, 0.2) is 29.8 Å². The number of pyridine rings is 1. The molecule has 0 bridgehead atoms. The predicted molar refractivity (Wildman–Crippen MR) is 89.4 cm³/mol. The Bertz CT molecular complexity index is 821. The second-order valence-electron chi connectivity index (χ2n) is 5.59. The van der Waals surface area contributed by atoms with Gasteiger partial charge in [0.05, 0.1) is 17.8 Å². The highest BCUT2D eigenvalue weighted by atomic mass is 32.1. The van der Waals surface area contributed by atoms with E-state index in [2.05, 4.69) is 20.8 Å². The summed E-state index contributed by atoms with van der Waals surface area (Å²) in [6, 6.07) is 6.44. The molecule has 0 saturated heterocycles. The maximum absolute atomic E-state index is 12.9. The van der Waals surface area contributed by atoms with Crippen molar-refractivity contribution < 1.29 is 4.79 Å². The lowest BCUT2D eigenvalue weighted by atomic mass is 10.2. The van der Waals surface area contributed by atoms with Crippen LogP contribution in [0.2, 0.25) is 0 Å². The Morgan fingerprint density at radius 2 is 2.32 bits per heavy atom. The molecule has 22 heavy (non-hydrogen) atoms. The van der Waals surface area contributed by atoms with Crippen molar-refractivity contribution in [3.05, 3.63) is 45.9 Å².